The second-order valence-electron chi connectivity index (χ2n) is 6.01. The molecule has 29 heavy (non-hydrogen) atoms. The molecule has 0 aliphatic carbocycles. The minimum atomic E-state index is -0.924. The van der Waals surface area contributed by atoms with Gasteiger partial charge in [-0.15, -0.1) is 0 Å². The Balaban J connectivity index is 1.43. The quantitative estimate of drug-likeness (QED) is 0.607. The Kier molecular flexibility index (Phi) is 6.52. The molecule has 5 nitrogen and oxygen atoms in total. The maximum atomic E-state index is 13.5. The summed E-state index contributed by atoms with van der Waals surface area (Å²) >= 11 is 0. The third-order valence-electron chi connectivity index (χ3n) is 3.89. The molecule has 0 saturated carbocycles. The third kappa shape index (κ3) is 5.87. The van der Waals surface area contributed by atoms with Crippen LogP contribution in [0.1, 0.15) is 0 Å². The molecule has 0 aromatic heterocycles. The molecule has 0 bridgehead atoms. The summed E-state index contributed by atoms with van der Waals surface area (Å²) in [5, 5.41) is 2.19. The topological polar surface area (TPSA) is 64.6 Å². The van der Waals surface area contributed by atoms with E-state index in [0.29, 0.717) is 11.8 Å². The fourth-order valence-corrected chi connectivity index (χ4v) is 2.48. The van der Waals surface area contributed by atoms with Gasteiger partial charge in [0.05, 0.1) is 5.69 Å². The van der Waals surface area contributed by atoms with Gasteiger partial charge in [0.2, 0.25) is 0 Å². The summed E-state index contributed by atoms with van der Waals surface area (Å²) in [7, 11) is 0. The van der Waals surface area contributed by atoms with Gasteiger partial charge in [-0.2, -0.15) is 0 Å². The van der Waals surface area contributed by atoms with Crippen molar-refractivity contribution < 1.29 is 27.8 Å². The van der Waals surface area contributed by atoms with Crippen molar-refractivity contribution >= 4 is 17.6 Å². The molecule has 0 heterocycles. The highest BCUT2D eigenvalue weighted by atomic mass is 19.1. The van der Waals surface area contributed by atoms with Gasteiger partial charge in [-0.3, -0.25) is 4.79 Å². The Hall–Kier alpha value is -3.74. The van der Waals surface area contributed by atoms with E-state index in [4.69, 9.17) is 9.47 Å². The van der Waals surface area contributed by atoms with E-state index in [9.17, 15) is 18.4 Å². The van der Waals surface area contributed by atoms with Gasteiger partial charge in [-0.05, 0) is 35.4 Å². The summed E-state index contributed by atoms with van der Waals surface area (Å²) in [6.45, 7) is -1.01. The fraction of sp³-hybridized carbons (Fsp3) is 0.0909. The van der Waals surface area contributed by atoms with E-state index in [1.165, 1.54) is 0 Å². The first-order valence-corrected chi connectivity index (χ1v) is 8.70. The Morgan fingerprint density at radius 1 is 0.828 bits per heavy atom. The van der Waals surface area contributed by atoms with Crippen molar-refractivity contribution in [3.05, 3.63) is 84.4 Å². The number of anilines is 1. The van der Waals surface area contributed by atoms with Gasteiger partial charge in [0, 0.05) is 6.07 Å². The normalized spacial score (nSPS) is 10.3. The van der Waals surface area contributed by atoms with Crippen molar-refractivity contribution in [2.45, 2.75) is 0 Å². The number of hydrogen-bond acceptors (Lipinski definition) is 4. The van der Waals surface area contributed by atoms with E-state index >= 15 is 0 Å². The van der Waals surface area contributed by atoms with Crippen LogP contribution in [0.3, 0.4) is 0 Å². The maximum Gasteiger partial charge on any atom is 0.344 e. The van der Waals surface area contributed by atoms with Crippen LogP contribution in [0, 0.1) is 11.6 Å². The first-order valence-electron chi connectivity index (χ1n) is 8.70. The molecule has 1 amide bonds. The molecule has 3 aromatic rings. The lowest BCUT2D eigenvalue weighted by atomic mass is 10.1. The second-order valence-corrected chi connectivity index (χ2v) is 6.01. The molecule has 3 aromatic carbocycles. The smallest absolute Gasteiger partial charge is 0.344 e. The molecule has 1 N–H and O–H groups in total. The first-order chi connectivity index (χ1) is 14.0. The van der Waals surface area contributed by atoms with Gasteiger partial charge < -0.3 is 14.8 Å². The Bertz CT molecular complexity index is 991. The number of benzene rings is 3. The number of carbonyl (C=O) groups excluding carboxylic acids is 2. The molecule has 3 rings (SSSR count). The molecule has 0 fully saturated rings. The Morgan fingerprint density at radius 2 is 1.52 bits per heavy atom. The monoisotopic (exact) mass is 397 g/mol. The fourth-order valence-electron chi connectivity index (χ4n) is 2.48. The van der Waals surface area contributed by atoms with Crippen LogP contribution in [0.4, 0.5) is 14.5 Å². The highest BCUT2D eigenvalue weighted by molar-refractivity contribution is 5.92. The zero-order valence-electron chi connectivity index (χ0n) is 15.2. The van der Waals surface area contributed by atoms with Crippen LogP contribution in [0.25, 0.3) is 11.1 Å². The third-order valence-corrected chi connectivity index (χ3v) is 3.89. The molecule has 0 aliphatic rings. The van der Waals surface area contributed by atoms with Crippen LogP contribution < -0.4 is 10.1 Å². The van der Waals surface area contributed by atoms with Gasteiger partial charge in [0.15, 0.2) is 13.2 Å². The first kappa shape index (κ1) is 20.0. The van der Waals surface area contributed by atoms with Crippen molar-refractivity contribution in [1.82, 2.24) is 0 Å². The van der Waals surface area contributed by atoms with Gasteiger partial charge >= 0.3 is 5.97 Å². The molecule has 7 heteroatoms. The Labute approximate surface area is 165 Å². The van der Waals surface area contributed by atoms with Crippen molar-refractivity contribution in [1.29, 1.82) is 0 Å². The standard InChI is InChI=1S/C22H17F2NO4/c23-17-8-11-20(19(24)12-17)25-21(26)13-29-22(27)14-28-18-9-6-16(7-10-18)15-4-2-1-3-5-15/h1-12H,13-14H2,(H,25,26). The van der Waals surface area contributed by atoms with E-state index in [1.807, 2.05) is 42.5 Å². The van der Waals surface area contributed by atoms with Crippen molar-refractivity contribution in [2.24, 2.45) is 0 Å². The average molecular weight is 397 g/mol. The number of carbonyl (C=O) groups is 2. The number of ether oxygens (including phenoxy) is 2. The number of nitrogens with one attached hydrogen (secondary N) is 1. The van der Waals surface area contributed by atoms with Gasteiger partial charge in [-0.1, -0.05) is 42.5 Å². The summed E-state index contributed by atoms with van der Waals surface area (Å²) in [5.74, 6) is -2.73. The number of esters is 1. The van der Waals surface area contributed by atoms with Crippen LogP contribution in [0.5, 0.6) is 5.75 Å². The number of amides is 1. The van der Waals surface area contributed by atoms with Crippen molar-refractivity contribution in [3.63, 3.8) is 0 Å². The van der Waals surface area contributed by atoms with Gasteiger partial charge in [0.25, 0.3) is 5.91 Å². The van der Waals surface area contributed by atoms with Crippen LogP contribution >= 0.6 is 0 Å². The summed E-state index contributed by atoms with van der Waals surface area (Å²) in [6.07, 6.45) is 0. The molecule has 0 saturated heterocycles. The molecule has 0 aliphatic heterocycles. The number of rotatable bonds is 7. The summed E-state index contributed by atoms with van der Waals surface area (Å²) in [6, 6.07) is 19.7. The van der Waals surface area contributed by atoms with Gasteiger partial charge in [0.1, 0.15) is 17.4 Å². The lowest BCUT2D eigenvalue weighted by molar-refractivity contribution is -0.149. The van der Waals surface area contributed by atoms with Crippen LogP contribution in [-0.2, 0) is 14.3 Å². The van der Waals surface area contributed by atoms with Crippen molar-refractivity contribution in [2.75, 3.05) is 18.5 Å². The number of hydrogen-bond donors (Lipinski definition) is 1. The minimum absolute atomic E-state index is 0.206. The highest BCUT2D eigenvalue weighted by Gasteiger charge is 2.11. The minimum Gasteiger partial charge on any atom is -0.482 e. The summed E-state index contributed by atoms with van der Waals surface area (Å²) < 4.78 is 36.4. The van der Waals surface area contributed by atoms with E-state index in [1.54, 1.807) is 12.1 Å². The molecule has 0 unspecified atom stereocenters. The van der Waals surface area contributed by atoms with Crippen LogP contribution in [0.2, 0.25) is 0 Å². The molecule has 0 radical (unpaired) electrons. The zero-order valence-corrected chi connectivity index (χ0v) is 15.2. The lowest BCUT2D eigenvalue weighted by Crippen LogP contribution is -2.24. The second kappa shape index (κ2) is 9.45. The van der Waals surface area contributed by atoms with E-state index < -0.39 is 30.1 Å². The van der Waals surface area contributed by atoms with Gasteiger partial charge in [-0.25, -0.2) is 13.6 Å². The maximum absolute atomic E-state index is 13.5. The predicted octanol–water partition coefficient (Wildman–Crippen LogP) is 4.19. The van der Waals surface area contributed by atoms with E-state index in [2.05, 4.69) is 5.32 Å². The van der Waals surface area contributed by atoms with Crippen molar-refractivity contribution in [3.8, 4) is 16.9 Å². The zero-order chi connectivity index (χ0) is 20.6. The molecule has 0 spiro atoms. The summed E-state index contributed by atoms with van der Waals surface area (Å²) in [4.78, 5) is 23.4. The van der Waals surface area contributed by atoms with E-state index in [0.717, 1.165) is 23.3 Å². The highest BCUT2D eigenvalue weighted by Crippen LogP contribution is 2.22. The molecule has 148 valence electrons. The Morgan fingerprint density at radius 3 is 2.21 bits per heavy atom. The van der Waals surface area contributed by atoms with E-state index in [-0.39, 0.29) is 12.3 Å². The van der Waals surface area contributed by atoms with Crippen LogP contribution in [-0.4, -0.2) is 25.1 Å². The summed E-state index contributed by atoms with van der Waals surface area (Å²) in [5.41, 5.74) is 1.86. The molecular weight excluding hydrogens is 380 g/mol. The molecule has 0 atom stereocenters. The SMILES string of the molecule is O=C(COC(=O)COc1ccc(-c2ccccc2)cc1)Nc1ccc(F)cc1F. The predicted molar refractivity (Wildman–Crippen MR) is 103 cm³/mol. The lowest BCUT2D eigenvalue weighted by Gasteiger charge is -2.09. The van der Waals surface area contributed by atoms with Crippen LogP contribution in [0.15, 0.2) is 72.8 Å². The largest absolute Gasteiger partial charge is 0.482 e. The molecular formula is C22H17F2NO4. The number of halogens is 2. The average Bonchev–Trinajstić information content (AvgIpc) is 2.74.